The SMILES string of the molecule is CC(C)N1C(=O)CC(C)N1c1cccc(O)c1. The van der Waals surface area contributed by atoms with E-state index in [0.29, 0.717) is 6.42 Å². The number of amides is 1. The highest BCUT2D eigenvalue weighted by molar-refractivity contribution is 5.83. The molecule has 0 aliphatic carbocycles. The van der Waals surface area contributed by atoms with Crippen LogP contribution < -0.4 is 5.01 Å². The molecule has 0 bridgehead atoms. The topological polar surface area (TPSA) is 43.8 Å². The van der Waals surface area contributed by atoms with Crippen molar-refractivity contribution < 1.29 is 9.90 Å². The van der Waals surface area contributed by atoms with Crippen LogP contribution in [-0.2, 0) is 4.79 Å². The number of nitrogens with zero attached hydrogens (tertiary/aromatic N) is 2. The molecule has 1 atom stereocenters. The van der Waals surface area contributed by atoms with Crippen molar-refractivity contribution in [3.63, 3.8) is 0 Å². The number of anilines is 1. The molecule has 0 aromatic heterocycles. The van der Waals surface area contributed by atoms with E-state index in [0.717, 1.165) is 5.69 Å². The molecule has 1 N–H and O–H groups in total. The molecule has 1 unspecified atom stereocenters. The van der Waals surface area contributed by atoms with Gasteiger partial charge in [0.25, 0.3) is 0 Å². The van der Waals surface area contributed by atoms with Gasteiger partial charge < -0.3 is 5.11 Å². The van der Waals surface area contributed by atoms with Crippen LogP contribution in [0.15, 0.2) is 24.3 Å². The number of benzene rings is 1. The van der Waals surface area contributed by atoms with Gasteiger partial charge in [0.2, 0.25) is 5.91 Å². The molecule has 0 saturated carbocycles. The smallest absolute Gasteiger partial charge is 0.243 e. The first kappa shape index (κ1) is 11.8. The third-order valence-corrected chi connectivity index (χ3v) is 2.96. The zero-order chi connectivity index (χ0) is 12.6. The van der Waals surface area contributed by atoms with Crippen molar-refractivity contribution in [1.29, 1.82) is 0 Å². The molecule has 1 saturated heterocycles. The summed E-state index contributed by atoms with van der Waals surface area (Å²) in [5, 5.41) is 13.2. The van der Waals surface area contributed by atoms with Gasteiger partial charge in [-0.05, 0) is 32.9 Å². The van der Waals surface area contributed by atoms with Gasteiger partial charge in [-0.2, -0.15) is 0 Å². The second kappa shape index (κ2) is 4.28. The number of carbonyl (C=O) groups is 1. The lowest BCUT2D eigenvalue weighted by molar-refractivity contribution is -0.129. The van der Waals surface area contributed by atoms with E-state index in [1.807, 2.05) is 31.8 Å². The average Bonchev–Trinajstić information content (AvgIpc) is 2.53. The van der Waals surface area contributed by atoms with E-state index < -0.39 is 0 Å². The van der Waals surface area contributed by atoms with E-state index in [1.54, 1.807) is 23.2 Å². The predicted octanol–water partition coefficient (Wildman–Crippen LogP) is 2.14. The molecule has 1 aliphatic heterocycles. The van der Waals surface area contributed by atoms with Gasteiger partial charge in [-0.1, -0.05) is 6.07 Å². The number of hydrogen-bond acceptors (Lipinski definition) is 3. The quantitative estimate of drug-likeness (QED) is 0.852. The highest BCUT2D eigenvalue weighted by Crippen LogP contribution is 2.30. The molecule has 1 aromatic carbocycles. The van der Waals surface area contributed by atoms with E-state index in [1.165, 1.54) is 0 Å². The van der Waals surface area contributed by atoms with Gasteiger partial charge in [0, 0.05) is 12.1 Å². The van der Waals surface area contributed by atoms with E-state index in [9.17, 15) is 9.90 Å². The molecule has 2 rings (SSSR count). The second-order valence-electron chi connectivity index (χ2n) is 4.75. The van der Waals surface area contributed by atoms with E-state index in [-0.39, 0.29) is 23.7 Å². The Hall–Kier alpha value is -1.71. The molecule has 1 fully saturated rings. The lowest BCUT2D eigenvalue weighted by Gasteiger charge is -2.35. The summed E-state index contributed by atoms with van der Waals surface area (Å²) < 4.78 is 0. The van der Waals surface area contributed by atoms with Crippen LogP contribution in [0.4, 0.5) is 5.69 Å². The maximum atomic E-state index is 11.9. The molecule has 17 heavy (non-hydrogen) atoms. The molecule has 1 aliphatic rings. The summed E-state index contributed by atoms with van der Waals surface area (Å²) in [6.45, 7) is 6.00. The summed E-state index contributed by atoms with van der Waals surface area (Å²) in [5.41, 5.74) is 0.858. The first-order valence-corrected chi connectivity index (χ1v) is 5.91. The van der Waals surface area contributed by atoms with E-state index >= 15 is 0 Å². The van der Waals surface area contributed by atoms with E-state index in [4.69, 9.17) is 0 Å². The normalized spacial score (nSPS) is 20.5. The second-order valence-corrected chi connectivity index (χ2v) is 4.75. The Kier molecular flexibility index (Phi) is 2.96. The molecule has 1 heterocycles. The molecule has 92 valence electrons. The highest BCUT2D eigenvalue weighted by atomic mass is 16.3. The number of hydrazine groups is 1. The zero-order valence-electron chi connectivity index (χ0n) is 10.4. The zero-order valence-corrected chi connectivity index (χ0v) is 10.4. The summed E-state index contributed by atoms with van der Waals surface area (Å²) in [4.78, 5) is 11.9. The monoisotopic (exact) mass is 234 g/mol. The molecule has 1 amide bonds. The van der Waals surface area contributed by atoms with E-state index in [2.05, 4.69) is 0 Å². The van der Waals surface area contributed by atoms with Crippen molar-refractivity contribution in [2.75, 3.05) is 5.01 Å². The van der Waals surface area contributed by atoms with Gasteiger partial charge in [-0.15, -0.1) is 0 Å². The fraction of sp³-hybridized carbons (Fsp3) is 0.462. The Morgan fingerprint density at radius 2 is 2.12 bits per heavy atom. The van der Waals surface area contributed by atoms with Crippen LogP contribution in [0.25, 0.3) is 0 Å². The van der Waals surface area contributed by atoms with Gasteiger partial charge >= 0.3 is 0 Å². The number of hydrogen-bond donors (Lipinski definition) is 1. The van der Waals surface area contributed by atoms with Gasteiger partial charge in [0.15, 0.2) is 0 Å². The first-order valence-electron chi connectivity index (χ1n) is 5.91. The van der Waals surface area contributed by atoms with Crippen LogP contribution in [0.1, 0.15) is 27.2 Å². The lowest BCUT2D eigenvalue weighted by atomic mass is 10.2. The molecule has 0 radical (unpaired) electrons. The van der Waals surface area contributed by atoms with Crippen molar-refractivity contribution in [2.45, 2.75) is 39.3 Å². The summed E-state index contributed by atoms with van der Waals surface area (Å²) in [7, 11) is 0. The highest BCUT2D eigenvalue weighted by Gasteiger charge is 2.36. The van der Waals surface area contributed by atoms with Gasteiger partial charge in [0.1, 0.15) is 5.75 Å². The fourth-order valence-corrected chi connectivity index (χ4v) is 2.32. The molecule has 0 spiro atoms. The van der Waals surface area contributed by atoms with Crippen molar-refractivity contribution in [1.82, 2.24) is 5.01 Å². The lowest BCUT2D eigenvalue weighted by Crippen LogP contribution is -2.46. The maximum absolute atomic E-state index is 11.9. The minimum Gasteiger partial charge on any atom is -0.508 e. The van der Waals surface area contributed by atoms with Gasteiger partial charge in [-0.25, -0.2) is 0 Å². The predicted molar refractivity (Wildman–Crippen MR) is 66.6 cm³/mol. The molecule has 4 heteroatoms. The molecular weight excluding hydrogens is 216 g/mol. The maximum Gasteiger partial charge on any atom is 0.243 e. The van der Waals surface area contributed by atoms with Crippen LogP contribution in [0, 0.1) is 0 Å². The minimum absolute atomic E-state index is 0.120. The Bertz CT molecular complexity index is 431. The van der Waals surface area contributed by atoms with Crippen molar-refractivity contribution in [3.05, 3.63) is 24.3 Å². The third kappa shape index (κ3) is 2.07. The summed E-state index contributed by atoms with van der Waals surface area (Å²) in [5.74, 6) is 0.355. The standard InChI is InChI=1S/C13H18N2O2/c1-9(2)14-13(17)7-10(3)15(14)11-5-4-6-12(16)8-11/h4-6,8-10,16H,7H2,1-3H3. The van der Waals surface area contributed by atoms with Crippen molar-refractivity contribution in [2.24, 2.45) is 0 Å². The largest absolute Gasteiger partial charge is 0.508 e. The Morgan fingerprint density at radius 3 is 2.71 bits per heavy atom. The Balaban J connectivity index is 2.38. The van der Waals surface area contributed by atoms with Crippen LogP contribution in [-0.4, -0.2) is 28.1 Å². The van der Waals surface area contributed by atoms with Gasteiger partial charge in [-0.3, -0.25) is 14.8 Å². The number of phenols is 1. The molecule has 4 nitrogen and oxygen atoms in total. The first-order chi connectivity index (χ1) is 8.00. The number of aromatic hydroxyl groups is 1. The van der Waals surface area contributed by atoms with Gasteiger partial charge in [0.05, 0.1) is 18.2 Å². The number of carbonyl (C=O) groups excluding carboxylic acids is 1. The third-order valence-electron chi connectivity index (χ3n) is 2.96. The van der Waals surface area contributed by atoms with Crippen LogP contribution in [0.3, 0.4) is 0 Å². The minimum atomic E-state index is 0.120. The molecule has 1 aromatic rings. The summed E-state index contributed by atoms with van der Waals surface area (Å²) in [6, 6.07) is 7.26. The van der Waals surface area contributed by atoms with Crippen molar-refractivity contribution >= 4 is 11.6 Å². The molecular formula is C13H18N2O2. The van der Waals surface area contributed by atoms with Crippen molar-refractivity contribution in [3.8, 4) is 5.75 Å². The Morgan fingerprint density at radius 1 is 1.41 bits per heavy atom. The Labute approximate surface area is 101 Å². The fourth-order valence-electron chi connectivity index (χ4n) is 2.32. The summed E-state index contributed by atoms with van der Waals surface area (Å²) in [6.07, 6.45) is 0.522. The van der Waals surface area contributed by atoms with Crippen LogP contribution in [0.2, 0.25) is 0 Å². The summed E-state index contributed by atoms with van der Waals surface area (Å²) >= 11 is 0. The average molecular weight is 234 g/mol. The van der Waals surface area contributed by atoms with Crippen LogP contribution >= 0.6 is 0 Å². The number of rotatable bonds is 2. The van der Waals surface area contributed by atoms with Crippen LogP contribution in [0.5, 0.6) is 5.75 Å². The number of phenolic OH excluding ortho intramolecular Hbond substituents is 1.